The summed E-state index contributed by atoms with van der Waals surface area (Å²) >= 11 is 5.10. The summed E-state index contributed by atoms with van der Waals surface area (Å²) in [6, 6.07) is 10.9. The molecule has 0 nitrogen and oxygen atoms in total. The molecule has 1 saturated heterocycles. The molecule has 15 heavy (non-hydrogen) atoms. The van der Waals surface area contributed by atoms with Gasteiger partial charge in [-0.3, -0.25) is 0 Å². The molecule has 0 aromatic heterocycles. The quantitative estimate of drug-likeness (QED) is 0.561. The predicted molar refractivity (Wildman–Crippen MR) is 76.1 cm³/mol. The van der Waals surface area contributed by atoms with Gasteiger partial charge < -0.3 is 0 Å². The van der Waals surface area contributed by atoms with Gasteiger partial charge in [-0.05, 0) is 0 Å². The zero-order valence-electron chi connectivity index (χ0n) is 10.0. The van der Waals surface area contributed by atoms with Crippen molar-refractivity contribution >= 4 is 24.0 Å². The average molecular weight is 240 g/mol. The molecule has 2 heteroatoms. The van der Waals surface area contributed by atoms with E-state index in [2.05, 4.69) is 58.0 Å². The first-order valence-electron chi connectivity index (χ1n) is 5.59. The Kier molecular flexibility index (Phi) is 2.48. The Bertz CT molecular complexity index is 369. The molecule has 1 aliphatic heterocycles. The van der Waals surface area contributed by atoms with Crippen LogP contribution in [0.25, 0.3) is 0 Å². The summed E-state index contributed by atoms with van der Waals surface area (Å²) in [7, 11) is 0. The second-order valence-electron chi connectivity index (χ2n) is 5.91. The molecule has 1 aromatic carbocycles. The summed E-state index contributed by atoms with van der Waals surface area (Å²) in [4.78, 5) is 0. The van der Waals surface area contributed by atoms with E-state index in [-0.39, 0.29) is 0 Å². The van der Waals surface area contributed by atoms with Gasteiger partial charge in [0.1, 0.15) is 0 Å². The van der Waals surface area contributed by atoms with Gasteiger partial charge in [-0.15, -0.1) is 0 Å². The SMILES string of the molecule is CC1(C)C[PH](S)(c2ccccc2)C1(C)C. The van der Waals surface area contributed by atoms with E-state index in [1.807, 2.05) is 0 Å². The van der Waals surface area contributed by atoms with Crippen molar-refractivity contribution in [2.75, 3.05) is 6.16 Å². The molecular formula is C13H21PS. The van der Waals surface area contributed by atoms with Crippen molar-refractivity contribution in [2.45, 2.75) is 32.9 Å². The number of benzene rings is 1. The van der Waals surface area contributed by atoms with E-state index in [0.29, 0.717) is 10.6 Å². The van der Waals surface area contributed by atoms with Gasteiger partial charge in [-0.25, -0.2) is 0 Å². The summed E-state index contributed by atoms with van der Waals surface area (Å²) in [5, 5.41) is 1.88. The maximum absolute atomic E-state index is 5.10. The molecule has 0 amide bonds. The van der Waals surface area contributed by atoms with Crippen molar-refractivity contribution in [3.8, 4) is 0 Å². The second-order valence-corrected chi connectivity index (χ2v) is 12.1. The van der Waals surface area contributed by atoms with Crippen molar-refractivity contribution in [2.24, 2.45) is 5.41 Å². The molecule has 1 fully saturated rings. The van der Waals surface area contributed by atoms with E-state index in [1.54, 1.807) is 0 Å². The zero-order chi connectivity index (χ0) is 11.3. The van der Waals surface area contributed by atoms with Crippen LogP contribution in [0.1, 0.15) is 27.7 Å². The van der Waals surface area contributed by atoms with Gasteiger partial charge in [0.25, 0.3) is 0 Å². The predicted octanol–water partition coefficient (Wildman–Crippen LogP) is 3.73. The van der Waals surface area contributed by atoms with Gasteiger partial charge in [0.05, 0.1) is 0 Å². The Morgan fingerprint density at radius 1 is 1.07 bits per heavy atom. The Hall–Kier alpha value is 0. The van der Waals surface area contributed by atoms with Crippen LogP contribution < -0.4 is 5.30 Å². The van der Waals surface area contributed by atoms with E-state index in [4.69, 9.17) is 12.2 Å². The molecule has 1 aromatic rings. The van der Waals surface area contributed by atoms with Crippen LogP contribution in [0.5, 0.6) is 0 Å². The Labute approximate surface area is 99.0 Å². The van der Waals surface area contributed by atoms with Crippen molar-refractivity contribution in [3.05, 3.63) is 30.3 Å². The molecule has 2 rings (SSSR count). The molecule has 0 atom stereocenters. The molecule has 0 aliphatic carbocycles. The van der Waals surface area contributed by atoms with Gasteiger partial charge in [-0.2, -0.15) is 0 Å². The van der Waals surface area contributed by atoms with Crippen LogP contribution >= 0.6 is 18.7 Å². The van der Waals surface area contributed by atoms with Crippen LogP contribution in [-0.4, -0.2) is 11.3 Å². The Morgan fingerprint density at radius 3 is 2.00 bits per heavy atom. The third kappa shape index (κ3) is 1.40. The number of hydrogen-bond donors (Lipinski definition) is 1. The minimum atomic E-state index is -1.54. The normalized spacial score (nSPS) is 27.8. The fraction of sp³-hybridized carbons (Fsp3) is 0.538. The maximum atomic E-state index is 5.10. The van der Waals surface area contributed by atoms with Crippen molar-refractivity contribution in [3.63, 3.8) is 0 Å². The van der Waals surface area contributed by atoms with Crippen LogP contribution in [0.15, 0.2) is 30.3 Å². The molecular weight excluding hydrogens is 219 g/mol. The van der Waals surface area contributed by atoms with Crippen LogP contribution in [0.2, 0.25) is 0 Å². The first-order valence-corrected chi connectivity index (χ1v) is 9.09. The molecule has 0 bridgehead atoms. The third-order valence-electron chi connectivity index (χ3n) is 4.68. The summed E-state index contributed by atoms with van der Waals surface area (Å²) in [5.41, 5.74) is 0.441. The monoisotopic (exact) mass is 240 g/mol. The topological polar surface area (TPSA) is 0 Å². The number of rotatable bonds is 1. The zero-order valence-corrected chi connectivity index (χ0v) is 11.9. The van der Waals surface area contributed by atoms with E-state index >= 15 is 0 Å². The molecule has 0 saturated carbocycles. The summed E-state index contributed by atoms with van der Waals surface area (Å²) in [6.45, 7) is 7.99. The van der Waals surface area contributed by atoms with Gasteiger partial charge in [-0.1, -0.05) is 0 Å². The molecule has 1 heterocycles. The fourth-order valence-corrected chi connectivity index (χ4v) is 9.99. The van der Waals surface area contributed by atoms with Crippen LogP contribution in [-0.2, 0) is 0 Å². The van der Waals surface area contributed by atoms with E-state index in [9.17, 15) is 0 Å². The Balaban J connectivity index is 2.40. The minimum absolute atomic E-state index is 0.379. The van der Waals surface area contributed by atoms with Gasteiger partial charge in [0.2, 0.25) is 0 Å². The van der Waals surface area contributed by atoms with E-state index in [0.717, 1.165) is 0 Å². The van der Waals surface area contributed by atoms with Crippen molar-refractivity contribution in [1.82, 2.24) is 0 Å². The van der Waals surface area contributed by atoms with Crippen molar-refractivity contribution in [1.29, 1.82) is 0 Å². The standard InChI is InChI=1S/C13H21PS/c1-12(2)10-14(15,13(12,3)4)11-8-6-5-7-9-11/h5-9,14-15H,10H2,1-4H3. The average Bonchev–Trinajstić information content (AvgIpc) is 2.18. The van der Waals surface area contributed by atoms with Crippen LogP contribution in [0, 0.1) is 5.41 Å². The van der Waals surface area contributed by atoms with Crippen LogP contribution in [0.4, 0.5) is 0 Å². The Morgan fingerprint density at radius 2 is 1.60 bits per heavy atom. The molecule has 84 valence electrons. The molecule has 0 N–H and O–H groups in total. The van der Waals surface area contributed by atoms with Gasteiger partial charge in [0.15, 0.2) is 0 Å². The molecule has 0 spiro atoms. The first kappa shape index (κ1) is 11.5. The molecule has 0 unspecified atom stereocenters. The van der Waals surface area contributed by atoms with Crippen LogP contribution in [0.3, 0.4) is 0 Å². The summed E-state index contributed by atoms with van der Waals surface area (Å²) < 4.78 is 0. The van der Waals surface area contributed by atoms with Gasteiger partial charge >= 0.3 is 98.8 Å². The van der Waals surface area contributed by atoms with Gasteiger partial charge in [0, 0.05) is 0 Å². The summed E-state index contributed by atoms with van der Waals surface area (Å²) in [6.07, 6.45) is 1.29. The molecule has 1 aliphatic rings. The third-order valence-corrected chi connectivity index (χ3v) is 13.0. The van der Waals surface area contributed by atoms with E-state index in [1.165, 1.54) is 11.5 Å². The summed E-state index contributed by atoms with van der Waals surface area (Å²) in [5.74, 6) is 0. The second kappa shape index (κ2) is 3.25. The first-order chi connectivity index (χ1) is 6.81. The number of thiol groups is 1. The molecule has 0 radical (unpaired) electrons. The fourth-order valence-electron chi connectivity index (χ4n) is 2.71. The number of hydrogen-bond acceptors (Lipinski definition) is 1. The van der Waals surface area contributed by atoms with Crippen molar-refractivity contribution < 1.29 is 0 Å². The van der Waals surface area contributed by atoms with E-state index < -0.39 is 6.46 Å².